The fourth-order valence-corrected chi connectivity index (χ4v) is 2.71. The third kappa shape index (κ3) is 2.07. The number of rotatable bonds is 1. The maximum Gasteiger partial charge on any atom is 0.253 e. The first-order chi connectivity index (χ1) is 8.34. The molecule has 1 fully saturated rings. The zero-order valence-electron chi connectivity index (χ0n) is 10.0. The van der Waals surface area contributed by atoms with Gasteiger partial charge in [-0.15, -0.1) is 0 Å². The average molecular weight is 230 g/mol. The highest BCUT2D eigenvalue weighted by Gasteiger charge is 2.19. The third-order valence-corrected chi connectivity index (χ3v) is 3.73. The third-order valence-electron chi connectivity index (χ3n) is 3.73. The number of hydrogen-bond donors (Lipinski definition) is 1. The lowest BCUT2D eigenvalue weighted by Crippen LogP contribution is -2.35. The summed E-state index contributed by atoms with van der Waals surface area (Å²) >= 11 is 0. The van der Waals surface area contributed by atoms with E-state index >= 15 is 0 Å². The van der Waals surface area contributed by atoms with Crippen LogP contribution in [-0.2, 0) is 13.1 Å². The predicted molar refractivity (Wildman–Crippen MR) is 66.7 cm³/mol. The zero-order valence-corrected chi connectivity index (χ0v) is 10.0. The molecule has 2 aliphatic heterocycles. The van der Waals surface area contributed by atoms with Crippen molar-refractivity contribution in [2.45, 2.75) is 32.4 Å². The SMILES string of the molecule is O=C(c1ccc2c(c1)CNC2)N1CCCCC1. The van der Waals surface area contributed by atoms with E-state index in [1.807, 2.05) is 11.0 Å². The van der Waals surface area contributed by atoms with Gasteiger partial charge in [0.15, 0.2) is 0 Å². The highest BCUT2D eigenvalue weighted by molar-refractivity contribution is 5.94. The van der Waals surface area contributed by atoms with E-state index in [1.165, 1.54) is 17.5 Å². The van der Waals surface area contributed by atoms with E-state index in [1.54, 1.807) is 0 Å². The van der Waals surface area contributed by atoms with Gasteiger partial charge in [-0.2, -0.15) is 0 Å². The average Bonchev–Trinajstić information content (AvgIpc) is 2.86. The first kappa shape index (κ1) is 10.8. The van der Waals surface area contributed by atoms with Crippen LogP contribution in [0.2, 0.25) is 0 Å². The molecule has 0 radical (unpaired) electrons. The van der Waals surface area contributed by atoms with E-state index < -0.39 is 0 Å². The molecule has 2 heterocycles. The molecule has 1 N–H and O–H groups in total. The fraction of sp³-hybridized carbons (Fsp3) is 0.500. The van der Waals surface area contributed by atoms with Crippen molar-refractivity contribution in [3.05, 3.63) is 34.9 Å². The minimum atomic E-state index is 0.208. The van der Waals surface area contributed by atoms with Crippen LogP contribution >= 0.6 is 0 Å². The second kappa shape index (κ2) is 4.49. The first-order valence-corrected chi connectivity index (χ1v) is 6.46. The van der Waals surface area contributed by atoms with Gasteiger partial charge in [-0.25, -0.2) is 0 Å². The highest BCUT2D eigenvalue weighted by Crippen LogP contribution is 2.19. The number of nitrogens with one attached hydrogen (secondary N) is 1. The Hall–Kier alpha value is -1.35. The van der Waals surface area contributed by atoms with Crippen molar-refractivity contribution in [3.8, 4) is 0 Å². The molecule has 1 amide bonds. The van der Waals surface area contributed by atoms with E-state index in [0.29, 0.717) is 0 Å². The van der Waals surface area contributed by atoms with Crippen molar-refractivity contribution in [2.24, 2.45) is 0 Å². The van der Waals surface area contributed by atoms with Crippen molar-refractivity contribution >= 4 is 5.91 Å². The Labute approximate surface area is 102 Å². The van der Waals surface area contributed by atoms with Gasteiger partial charge in [-0.05, 0) is 42.5 Å². The van der Waals surface area contributed by atoms with Crippen LogP contribution in [0.4, 0.5) is 0 Å². The number of likely N-dealkylation sites (tertiary alicyclic amines) is 1. The number of fused-ring (bicyclic) bond motifs is 1. The van der Waals surface area contributed by atoms with E-state index in [4.69, 9.17) is 0 Å². The molecule has 0 bridgehead atoms. The van der Waals surface area contributed by atoms with Crippen molar-refractivity contribution in [2.75, 3.05) is 13.1 Å². The number of piperidine rings is 1. The van der Waals surface area contributed by atoms with Crippen LogP contribution in [0.3, 0.4) is 0 Å². The quantitative estimate of drug-likeness (QED) is 0.799. The van der Waals surface area contributed by atoms with Crippen LogP contribution in [-0.4, -0.2) is 23.9 Å². The molecule has 1 saturated heterocycles. The van der Waals surface area contributed by atoms with Crippen molar-refractivity contribution < 1.29 is 4.79 Å². The second-order valence-corrected chi connectivity index (χ2v) is 4.94. The maximum atomic E-state index is 12.3. The first-order valence-electron chi connectivity index (χ1n) is 6.46. The van der Waals surface area contributed by atoms with Gasteiger partial charge < -0.3 is 10.2 Å². The number of benzene rings is 1. The Balaban J connectivity index is 1.81. The van der Waals surface area contributed by atoms with E-state index in [-0.39, 0.29) is 5.91 Å². The molecule has 0 unspecified atom stereocenters. The van der Waals surface area contributed by atoms with Gasteiger partial charge >= 0.3 is 0 Å². The molecule has 1 aromatic rings. The highest BCUT2D eigenvalue weighted by atomic mass is 16.2. The summed E-state index contributed by atoms with van der Waals surface area (Å²) in [6.07, 6.45) is 3.56. The lowest BCUT2D eigenvalue weighted by atomic mass is 10.0. The molecule has 3 nitrogen and oxygen atoms in total. The molecule has 1 aromatic carbocycles. The minimum absolute atomic E-state index is 0.208. The van der Waals surface area contributed by atoms with Crippen molar-refractivity contribution in [3.63, 3.8) is 0 Å². The summed E-state index contributed by atoms with van der Waals surface area (Å²) in [6.45, 7) is 3.69. The van der Waals surface area contributed by atoms with E-state index in [0.717, 1.165) is 44.6 Å². The van der Waals surface area contributed by atoms with Crippen LogP contribution in [0.1, 0.15) is 40.7 Å². The van der Waals surface area contributed by atoms with Gasteiger partial charge in [0, 0.05) is 31.7 Å². The summed E-state index contributed by atoms with van der Waals surface area (Å²) < 4.78 is 0. The number of carbonyl (C=O) groups excluding carboxylic acids is 1. The van der Waals surface area contributed by atoms with E-state index in [2.05, 4.69) is 17.4 Å². The summed E-state index contributed by atoms with van der Waals surface area (Å²) in [7, 11) is 0. The standard InChI is InChI=1S/C14H18N2O/c17-14(16-6-2-1-3-7-16)11-4-5-12-9-15-10-13(12)8-11/h4-5,8,15H,1-3,6-7,9-10H2. The van der Waals surface area contributed by atoms with Gasteiger partial charge in [0.25, 0.3) is 5.91 Å². The Kier molecular flexibility index (Phi) is 2.85. The van der Waals surface area contributed by atoms with Crippen molar-refractivity contribution in [1.29, 1.82) is 0 Å². The number of nitrogens with zero attached hydrogens (tertiary/aromatic N) is 1. The largest absolute Gasteiger partial charge is 0.339 e. The van der Waals surface area contributed by atoms with Gasteiger partial charge in [-0.1, -0.05) is 6.07 Å². The lowest BCUT2D eigenvalue weighted by molar-refractivity contribution is 0.0724. The summed E-state index contributed by atoms with van der Waals surface area (Å²) in [5.41, 5.74) is 3.47. The molecule has 17 heavy (non-hydrogen) atoms. The molecule has 0 aliphatic carbocycles. The fourth-order valence-electron chi connectivity index (χ4n) is 2.71. The molecule has 2 aliphatic rings. The summed E-state index contributed by atoms with van der Waals surface area (Å²) in [6, 6.07) is 6.13. The Bertz CT molecular complexity index is 436. The van der Waals surface area contributed by atoms with E-state index in [9.17, 15) is 4.79 Å². The second-order valence-electron chi connectivity index (χ2n) is 4.94. The zero-order chi connectivity index (χ0) is 11.7. The molecule has 0 saturated carbocycles. The van der Waals surface area contributed by atoms with Crippen LogP contribution < -0.4 is 5.32 Å². The lowest BCUT2D eigenvalue weighted by Gasteiger charge is -2.26. The Morgan fingerprint density at radius 1 is 1.06 bits per heavy atom. The number of carbonyl (C=O) groups is 1. The summed E-state index contributed by atoms with van der Waals surface area (Å²) in [5, 5.41) is 3.31. The molecule has 0 atom stereocenters. The Morgan fingerprint density at radius 2 is 1.82 bits per heavy atom. The molecular formula is C14H18N2O. The van der Waals surface area contributed by atoms with Gasteiger partial charge in [0.05, 0.1) is 0 Å². The molecule has 90 valence electrons. The van der Waals surface area contributed by atoms with Gasteiger partial charge in [-0.3, -0.25) is 4.79 Å². The molecule has 0 spiro atoms. The van der Waals surface area contributed by atoms with Crippen molar-refractivity contribution in [1.82, 2.24) is 10.2 Å². The minimum Gasteiger partial charge on any atom is -0.339 e. The smallest absolute Gasteiger partial charge is 0.253 e. The molecule has 3 heteroatoms. The topological polar surface area (TPSA) is 32.3 Å². The predicted octanol–water partition coefficient (Wildman–Crippen LogP) is 1.92. The number of hydrogen-bond acceptors (Lipinski definition) is 2. The Morgan fingerprint density at radius 3 is 2.65 bits per heavy atom. The van der Waals surface area contributed by atoms with Gasteiger partial charge in [0.1, 0.15) is 0 Å². The normalized spacial score (nSPS) is 19.2. The van der Waals surface area contributed by atoms with Crippen LogP contribution in [0.15, 0.2) is 18.2 Å². The maximum absolute atomic E-state index is 12.3. The molecule has 0 aromatic heterocycles. The number of amides is 1. The summed E-state index contributed by atoms with van der Waals surface area (Å²) in [5.74, 6) is 0.208. The van der Waals surface area contributed by atoms with Gasteiger partial charge in [0.2, 0.25) is 0 Å². The summed E-state index contributed by atoms with van der Waals surface area (Å²) in [4.78, 5) is 14.3. The molecule has 3 rings (SSSR count). The van der Waals surface area contributed by atoms with Crippen LogP contribution in [0.25, 0.3) is 0 Å². The van der Waals surface area contributed by atoms with Crippen LogP contribution in [0.5, 0.6) is 0 Å². The monoisotopic (exact) mass is 230 g/mol. The molecular weight excluding hydrogens is 212 g/mol. The van der Waals surface area contributed by atoms with Crippen LogP contribution in [0, 0.1) is 0 Å².